The number of amidine groups is 1. The van der Waals surface area contributed by atoms with E-state index in [-0.39, 0.29) is 49.1 Å². The molecule has 1 saturated heterocycles. The van der Waals surface area contributed by atoms with Gasteiger partial charge in [-0.05, 0) is 25.0 Å². The number of aromatic nitrogens is 2. The van der Waals surface area contributed by atoms with Gasteiger partial charge < -0.3 is 24.6 Å². The predicted molar refractivity (Wildman–Crippen MR) is 128 cm³/mol. The van der Waals surface area contributed by atoms with Crippen molar-refractivity contribution in [2.24, 2.45) is 0 Å². The molecule has 2 aliphatic rings. The van der Waals surface area contributed by atoms with Crippen molar-refractivity contribution in [2.75, 3.05) is 37.0 Å². The number of rotatable bonds is 6. The predicted octanol–water partition coefficient (Wildman–Crippen LogP) is 5.51. The first kappa shape index (κ1) is 28.5. The van der Waals surface area contributed by atoms with Gasteiger partial charge in [-0.25, -0.2) is 14.4 Å². The average molecular weight is 565 g/mol. The molecule has 0 bridgehead atoms. The number of anilines is 3. The number of fused-ring (bicyclic) bond motifs is 1. The molecule has 0 saturated carbocycles. The summed E-state index contributed by atoms with van der Waals surface area (Å²) in [6, 6.07) is 1.20. The quantitative estimate of drug-likeness (QED) is 0.272. The number of methoxy groups -OCH3 is 1. The van der Waals surface area contributed by atoms with Gasteiger partial charge >= 0.3 is 12.4 Å². The number of nitrogens with zero attached hydrogens (tertiary/aromatic N) is 4. The summed E-state index contributed by atoms with van der Waals surface area (Å²) < 4.78 is 104. The summed E-state index contributed by atoms with van der Waals surface area (Å²) in [5.41, 5.74) is -0.0194. The van der Waals surface area contributed by atoms with Crippen LogP contribution in [0.4, 0.5) is 48.1 Å². The largest absolute Gasteiger partial charge is 0.494 e. The molecule has 1 aromatic carbocycles. The van der Waals surface area contributed by atoms with Crippen molar-refractivity contribution >= 4 is 23.3 Å². The first-order valence-electron chi connectivity index (χ1n) is 12.0. The lowest BCUT2D eigenvalue weighted by Crippen LogP contribution is -2.45. The van der Waals surface area contributed by atoms with Crippen molar-refractivity contribution in [3.05, 3.63) is 35.4 Å². The summed E-state index contributed by atoms with van der Waals surface area (Å²) in [6.45, 7) is 1.78. The van der Waals surface area contributed by atoms with E-state index in [1.807, 2.05) is 0 Å². The summed E-state index contributed by atoms with van der Waals surface area (Å²) in [6.07, 6.45) is -9.08. The van der Waals surface area contributed by atoms with Crippen LogP contribution in [0.2, 0.25) is 0 Å². The smallest absolute Gasteiger partial charge is 0.408 e. The van der Waals surface area contributed by atoms with E-state index in [1.165, 1.54) is 19.2 Å². The van der Waals surface area contributed by atoms with Crippen LogP contribution in [0.25, 0.3) is 0 Å². The summed E-state index contributed by atoms with van der Waals surface area (Å²) in [5.74, 6) is -0.492. The first-order chi connectivity index (χ1) is 18.1. The third kappa shape index (κ3) is 6.06. The lowest BCUT2D eigenvalue weighted by Gasteiger charge is -2.27. The Morgan fingerprint density at radius 3 is 2.54 bits per heavy atom. The zero-order chi connectivity index (χ0) is 28.8. The number of ether oxygens (including phenoxy) is 2. The van der Waals surface area contributed by atoms with Gasteiger partial charge in [-0.3, -0.25) is 5.41 Å². The Balaban J connectivity index is 1.70. The second-order valence-corrected chi connectivity index (χ2v) is 9.93. The van der Waals surface area contributed by atoms with E-state index in [2.05, 4.69) is 15.3 Å². The van der Waals surface area contributed by atoms with Crippen molar-refractivity contribution in [3.63, 3.8) is 0 Å². The van der Waals surface area contributed by atoms with Crippen LogP contribution in [0, 0.1) is 11.2 Å². The summed E-state index contributed by atoms with van der Waals surface area (Å²) >= 11 is 0. The van der Waals surface area contributed by atoms with Gasteiger partial charge in [0.2, 0.25) is 0 Å². The Bertz CT molecular complexity index is 1230. The molecule has 214 valence electrons. The van der Waals surface area contributed by atoms with Crippen LogP contribution in [-0.4, -0.2) is 66.0 Å². The average Bonchev–Trinajstić information content (AvgIpc) is 3.44. The highest BCUT2D eigenvalue weighted by atomic mass is 19.4. The molecule has 4 rings (SSSR count). The van der Waals surface area contributed by atoms with E-state index in [0.717, 1.165) is 11.0 Å². The van der Waals surface area contributed by atoms with Crippen molar-refractivity contribution in [1.29, 1.82) is 5.41 Å². The van der Waals surface area contributed by atoms with Crippen molar-refractivity contribution in [1.82, 2.24) is 14.9 Å². The fourth-order valence-electron chi connectivity index (χ4n) is 4.88. The van der Waals surface area contributed by atoms with E-state index >= 15 is 0 Å². The number of likely N-dealkylation sites (tertiary alicyclic amines) is 1. The minimum atomic E-state index is -4.57. The Kier molecular flexibility index (Phi) is 7.47. The van der Waals surface area contributed by atoms with Crippen LogP contribution in [0.1, 0.15) is 38.1 Å². The molecule has 2 aliphatic heterocycles. The van der Waals surface area contributed by atoms with Crippen LogP contribution in [0.3, 0.4) is 0 Å². The SMILES string of the molecule is COc1cc(F)ccc1N1CC(C)(C)c2c(NCC(F)(F)F)nc(COC(=N)N3CCC[C@@H]3C(F)(F)F)nc21. The topological polar surface area (TPSA) is 86.6 Å². The molecule has 15 heteroatoms. The minimum absolute atomic E-state index is 0.0290. The van der Waals surface area contributed by atoms with Gasteiger partial charge in [-0.2, -0.15) is 26.3 Å². The van der Waals surface area contributed by atoms with Gasteiger partial charge in [-0.15, -0.1) is 0 Å². The standard InChI is InChI=1S/C24H27F7N6O2/c1-22(2)12-37(14-7-6-13(25)9-15(14)38-3)20-18(22)19(33-11-23(26,27)28)34-17(35-20)10-39-21(32)36-8-4-5-16(36)24(29,30)31/h6-7,9,16,32H,4-5,8,10-12H2,1-3H3,(H,33,34,35)/t16-/m1/s1. The number of halogens is 7. The van der Waals surface area contributed by atoms with E-state index in [4.69, 9.17) is 14.9 Å². The molecule has 0 spiro atoms. The van der Waals surface area contributed by atoms with E-state index in [0.29, 0.717) is 11.3 Å². The van der Waals surface area contributed by atoms with E-state index < -0.39 is 48.8 Å². The zero-order valence-corrected chi connectivity index (χ0v) is 21.3. The van der Waals surface area contributed by atoms with Crippen LogP contribution in [-0.2, 0) is 16.8 Å². The van der Waals surface area contributed by atoms with Gasteiger partial charge in [0.25, 0.3) is 6.02 Å². The third-order valence-electron chi connectivity index (χ3n) is 6.54. The second kappa shape index (κ2) is 10.2. The molecular formula is C24H27F7N6O2. The fraction of sp³-hybridized carbons (Fsp3) is 0.542. The number of hydrogen-bond donors (Lipinski definition) is 2. The molecule has 0 unspecified atom stereocenters. The summed E-state index contributed by atoms with van der Waals surface area (Å²) in [7, 11) is 1.34. The second-order valence-electron chi connectivity index (χ2n) is 9.93. The van der Waals surface area contributed by atoms with Gasteiger partial charge in [0.15, 0.2) is 12.4 Å². The normalized spacial score (nSPS) is 18.8. The maximum atomic E-state index is 13.9. The molecule has 0 aliphatic carbocycles. The van der Waals surface area contributed by atoms with Gasteiger partial charge in [0.05, 0.1) is 12.8 Å². The maximum Gasteiger partial charge on any atom is 0.408 e. The number of benzene rings is 1. The lowest BCUT2D eigenvalue weighted by molar-refractivity contribution is -0.169. The van der Waals surface area contributed by atoms with E-state index in [9.17, 15) is 30.7 Å². The summed E-state index contributed by atoms with van der Waals surface area (Å²) in [5, 5.41) is 10.3. The molecule has 39 heavy (non-hydrogen) atoms. The fourth-order valence-corrected chi connectivity index (χ4v) is 4.88. The highest BCUT2D eigenvalue weighted by Gasteiger charge is 2.47. The molecule has 2 aromatic rings. The third-order valence-corrected chi connectivity index (χ3v) is 6.54. The lowest BCUT2D eigenvalue weighted by atomic mass is 9.88. The molecule has 0 radical (unpaired) electrons. The Hall–Kier alpha value is -3.52. The zero-order valence-electron chi connectivity index (χ0n) is 21.3. The number of hydrogen-bond acceptors (Lipinski definition) is 7. The van der Waals surface area contributed by atoms with Crippen LogP contribution in [0.15, 0.2) is 18.2 Å². The highest BCUT2D eigenvalue weighted by Crippen LogP contribution is 2.48. The van der Waals surface area contributed by atoms with Gasteiger partial charge in [0.1, 0.15) is 35.8 Å². The molecule has 1 aromatic heterocycles. The monoisotopic (exact) mass is 564 g/mol. The van der Waals surface area contributed by atoms with Gasteiger partial charge in [0, 0.05) is 30.1 Å². The number of alkyl halides is 6. The molecule has 1 atom stereocenters. The molecule has 3 heterocycles. The van der Waals surface area contributed by atoms with Crippen LogP contribution in [0.5, 0.6) is 5.75 Å². The molecule has 8 nitrogen and oxygen atoms in total. The highest BCUT2D eigenvalue weighted by molar-refractivity contribution is 5.77. The molecule has 1 fully saturated rings. The van der Waals surface area contributed by atoms with Crippen molar-refractivity contribution < 1.29 is 40.2 Å². The molecule has 2 N–H and O–H groups in total. The van der Waals surface area contributed by atoms with Crippen LogP contribution >= 0.6 is 0 Å². The van der Waals surface area contributed by atoms with Gasteiger partial charge in [-0.1, -0.05) is 13.8 Å². The molecular weight excluding hydrogens is 537 g/mol. The first-order valence-corrected chi connectivity index (χ1v) is 12.0. The maximum absolute atomic E-state index is 13.9. The van der Waals surface area contributed by atoms with Crippen molar-refractivity contribution in [2.45, 2.75) is 57.1 Å². The Labute approximate surface area is 219 Å². The van der Waals surface area contributed by atoms with Crippen molar-refractivity contribution in [3.8, 4) is 5.75 Å². The summed E-state index contributed by atoms with van der Waals surface area (Å²) in [4.78, 5) is 11.1. The Morgan fingerprint density at radius 1 is 1.18 bits per heavy atom. The molecule has 0 amide bonds. The van der Waals surface area contributed by atoms with E-state index in [1.54, 1.807) is 18.7 Å². The van der Waals surface area contributed by atoms with Crippen LogP contribution < -0.4 is 15.0 Å². The minimum Gasteiger partial charge on any atom is -0.494 e. The number of nitrogens with one attached hydrogen (secondary N) is 2. The Morgan fingerprint density at radius 2 is 1.90 bits per heavy atom.